The van der Waals surface area contributed by atoms with Crippen LogP contribution in [0.3, 0.4) is 0 Å². The molecule has 0 bridgehead atoms. The number of carbonyl (C=O) groups is 3. The van der Waals surface area contributed by atoms with Crippen LogP contribution in [0, 0.1) is 0 Å². The molecule has 8 heteroatoms. The molecule has 0 aliphatic heterocycles. The minimum atomic E-state index is -0.915. The van der Waals surface area contributed by atoms with Gasteiger partial charge in [-0.05, 0) is 25.8 Å². The predicted octanol–water partition coefficient (Wildman–Crippen LogP) is -0.946. The molecule has 0 rings (SSSR count). The molecule has 1 amide bonds. The highest BCUT2D eigenvalue weighted by Gasteiger charge is 2.25. The second kappa shape index (κ2) is 11.0. The maximum atomic E-state index is 11.9. The van der Waals surface area contributed by atoms with Gasteiger partial charge in [0.25, 0.3) is 0 Å². The summed E-state index contributed by atoms with van der Waals surface area (Å²) in [7, 11) is 2.46. The molecule has 0 fully saturated rings. The van der Waals surface area contributed by atoms with E-state index in [-0.39, 0.29) is 12.8 Å². The molecule has 0 aliphatic rings. The normalized spacial score (nSPS) is 13.1. The van der Waals surface area contributed by atoms with E-state index in [1.165, 1.54) is 14.2 Å². The molecular weight excluding hydrogens is 278 g/mol. The lowest BCUT2D eigenvalue weighted by Gasteiger charge is -2.18. The van der Waals surface area contributed by atoms with Gasteiger partial charge in [0.05, 0.1) is 20.3 Å². The average molecular weight is 303 g/mol. The number of unbranched alkanes of at least 4 members (excludes halogenated alkanes) is 1. The van der Waals surface area contributed by atoms with E-state index in [0.29, 0.717) is 13.0 Å². The molecular formula is C13H25N3O5. The Balaban J connectivity index is 4.40. The Hall–Kier alpha value is -1.67. The summed E-state index contributed by atoms with van der Waals surface area (Å²) >= 11 is 0. The molecule has 2 atom stereocenters. The first-order chi connectivity index (χ1) is 9.96. The smallest absolute Gasteiger partial charge is 0.328 e. The van der Waals surface area contributed by atoms with Gasteiger partial charge in [-0.3, -0.25) is 9.59 Å². The second-order valence-electron chi connectivity index (χ2n) is 4.59. The van der Waals surface area contributed by atoms with Gasteiger partial charge in [-0.2, -0.15) is 0 Å². The second-order valence-corrected chi connectivity index (χ2v) is 4.59. The fourth-order valence-electron chi connectivity index (χ4n) is 1.67. The largest absolute Gasteiger partial charge is 0.469 e. The van der Waals surface area contributed by atoms with Crippen molar-refractivity contribution in [3.8, 4) is 0 Å². The van der Waals surface area contributed by atoms with E-state index in [1.54, 1.807) is 0 Å². The van der Waals surface area contributed by atoms with Gasteiger partial charge in [0.1, 0.15) is 6.04 Å². The molecule has 0 aliphatic carbocycles. The van der Waals surface area contributed by atoms with Crippen molar-refractivity contribution in [2.75, 3.05) is 20.8 Å². The van der Waals surface area contributed by atoms with Gasteiger partial charge in [-0.15, -0.1) is 0 Å². The van der Waals surface area contributed by atoms with Crippen molar-refractivity contribution in [1.82, 2.24) is 5.32 Å². The summed E-state index contributed by atoms with van der Waals surface area (Å²) in [6, 6.07) is -1.64. The predicted molar refractivity (Wildman–Crippen MR) is 76.1 cm³/mol. The minimum absolute atomic E-state index is 0.00103. The molecule has 0 aromatic heterocycles. The number of ether oxygens (including phenoxy) is 2. The van der Waals surface area contributed by atoms with Crippen LogP contribution in [-0.4, -0.2) is 50.7 Å². The van der Waals surface area contributed by atoms with Gasteiger partial charge in [0.15, 0.2) is 0 Å². The molecule has 0 aromatic rings. The number of amides is 1. The zero-order valence-electron chi connectivity index (χ0n) is 12.6. The summed E-state index contributed by atoms with van der Waals surface area (Å²) < 4.78 is 9.09. The molecule has 8 nitrogen and oxygen atoms in total. The Kier molecular flexibility index (Phi) is 10.2. The quantitative estimate of drug-likeness (QED) is 0.350. The van der Waals surface area contributed by atoms with Crippen molar-refractivity contribution in [3.05, 3.63) is 0 Å². The van der Waals surface area contributed by atoms with Gasteiger partial charge >= 0.3 is 11.9 Å². The van der Waals surface area contributed by atoms with Gasteiger partial charge in [0.2, 0.25) is 5.91 Å². The minimum Gasteiger partial charge on any atom is -0.469 e. The van der Waals surface area contributed by atoms with Gasteiger partial charge in [-0.1, -0.05) is 6.42 Å². The zero-order chi connectivity index (χ0) is 16.3. The zero-order valence-corrected chi connectivity index (χ0v) is 12.6. The van der Waals surface area contributed by atoms with E-state index in [1.807, 2.05) is 0 Å². The van der Waals surface area contributed by atoms with Gasteiger partial charge in [0, 0.05) is 6.42 Å². The lowest BCUT2D eigenvalue weighted by Crippen LogP contribution is -2.49. The molecule has 0 aromatic carbocycles. The van der Waals surface area contributed by atoms with Crippen LogP contribution < -0.4 is 16.8 Å². The Morgan fingerprint density at radius 3 is 2.29 bits per heavy atom. The summed E-state index contributed by atoms with van der Waals surface area (Å²) in [5, 5.41) is 2.50. The molecule has 0 saturated heterocycles. The van der Waals surface area contributed by atoms with Crippen LogP contribution in [0.2, 0.25) is 0 Å². The first-order valence-electron chi connectivity index (χ1n) is 6.86. The number of hydrogen-bond donors (Lipinski definition) is 3. The average Bonchev–Trinajstić information content (AvgIpc) is 2.49. The lowest BCUT2D eigenvalue weighted by molar-refractivity contribution is -0.146. The summed E-state index contributed by atoms with van der Waals surface area (Å²) in [5.41, 5.74) is 11.1. The van der Waals surface area contributed by atoms with E-state index in [9.17, 15) is 14.4 Å². The summed E-state index contributed by atoms with van der Waals surface area (Å²) in [6.07, 6.45) is 2.09. The van der Waals surface area contributed by atoms with Gasteiger partial charge < -0.3 is 26.3 Å². The highest BCUT2D eigenvalue weighted by atomic mass is 16.5. The number of rotatable bonds is 10. The maximum Gasteiger partial charge on any atom is 0.328 e. The van der Waals surface area contributed by atoms with Crippen LogP contribution in [0.25, 0.3) is 0 Å². The Morgan fingerprint density at radius 1 is 1.10 bits per heavy atom. The summed E-state index contributed by atoms with van der Waals surface area (Å²) in [6.45, 7) is 0.540. The fourth-order valence-corrected chi connectivity index (χ4v) is 1.67. The van der Waals surface area contributed by atoms with Crippen LogP contribution in [0.5, 0.6) is 0 Å². The fraction of sp³-hybridized carbons (Fsp3) is 0.769. The monoisotopic (exact) mass is 303 g/mol. The van der Waals surface area contributed by atoms with Crippen LogP contribution in [-0.2, 0) is 23.9 Å². The molecule has 0 heterocycles. The standard InChI is InChI=1S/C13H25N3O5/c1-20-11(17)7-6-10(13(19)21-2)16-12(18)9(15)5-3-4-8-14/h9-10H,3-8,14-15H2,1-2H3,(H,16,18). The molecule has 2 unspecified atom stereocenters. The SMILES string of the molecule is COC(=O)CCC(NC(=O)C(N)CCCCN)C(=O)OC. The maximum absolute atomic E-state index is 11.9. The van der Waals surface area contributed by atoms with E-state index in [0.717, 1.165) is 12.8 Å². The Bertz CT molecular complexity index is 349. The molecule has 0 saturated carbocycles. The van der Waals surface area contributed by atoms with E-state index in [2.05, 4.69) is 14.8 Å². The van der Waals surface area contributed by atoms with Crippen molar-refractivity contribution >= 4 is 17.8 Å². The first-order valence-corrected chi connectivity index (χ1v) is 6.86. The highest BCUT2D eigenvalue weighted by molar-refractivity contribution is 5.87. The summed E-state index contributed by atoms with van der Waals surface area (Å²) in [4.78, 5) is 34.6. The van der Waals surface area contributed by atoms with Crippen LogP contribution >= 0.6 is 0 Å². The van der Waals surface area contributed by atoms with E-state index in [4.69, 9.17) is 11.5 Å². The third kappa shape index (κ3) is 8.26. The molecule has 0 radical (unpaired) electrons. The highest BCUT2D eigenvalue weighted by Crippen LogP contribution is 2.04. The molecule has 21 heavy (non-hydrogen) atoms. The molecule has 0 spiro atoms. The van der Waals surface area contributed by atoms with Crippen LogP contribution in [0.15, 0.2) is 0 Å². The Morgan fingerprint density at radius 2 is 1.76 bits per heavy atom. The molecule has 122 valence electrons. The number of carbonyl (C=O) groups excluding carboxylic acids is 3. The third-order valence-corrected chi connectivity index (χ3v) is 2.97. The van der Waals surface area contributed by atoms with Crippen molar-refractivity contribution in [1.29, 1.82) is 0 Å². The van der Waals surface area contributed by atoms with Crippen molar-refractivity contribution in [2.45, 2.75) is 44.2 Å². The van der Waals surface area contributed by atoms with Crippen molar-refractivity contribution < 1.29 is 23.9 Å². The Labute approximate surface area is 124 Å². The number of hydrogen-bond acceptors (Lipinski definition) is 7. The number of nitrogens with two attached hydrogens (primary N) is 2. The van der Waals surface area contributed by atoms with Crippen LogP contribution in [0.4, 0.5) is 0 Å². The van der Waals surface area contributed by atoms with E-state index >= 15 is 0 Å². The number of esters is 2. The lowest BCUT2D eigenvalue weighted by atomic mass is 10.1. The third-order valence-electron chi connectivity index (χ3n) is 2.97. The van der Waals surface area contributed by atoms with Gasteiger partial charge in [-0.25, -0.2) is 4.79 Å². The number of nitrogens with one attached hydrogen (secondary N) is 1. The van der Waals surface area contributed by atoms with Crippen molar-refractivity contribution in [2.24, 2.45) is 11.5 Å². The summed E-state index contributed by atoms with van der Waals surface area (Å²) in [5.74, 6) is -1.54. The van der Waals surface area contributed by atoms with Crippen LogP contribution in [0.1, 0.15) is 32.1 Å². The van der Waals surface area contributed by atoms with E-state index < -0.39 is 29.9 Å². The topological polar surface area (TPSA) is 134 Å². The number of methoxy groups -OCH3 is 2. The first kappa shape index (κ1) is 19.3. The molecule has 5 N–H and O–H groups in total. The van der Waals surface area contributed by atoms with Crippen molar-refractivity contribution in [3.63, 3.8) is 0 Å².